The van der Waals surface area contributed by atoms with E-state index in [0.29, 0.717) is 25.1 Å². The Labute approximate surface area is 177 Å². The number of aliphatic hydroxyl groups is 1. The lowest BCUT2D eigenvalue weighted by Gasteiger charge is -2.30. The number of methoxy groups -OCH3 is 1. The molecule has 0 bridgehead atoms. The van der Waals surface area contributed by atoms with Gasteiger partial charge in [-0.15, -0.1) is 0 Å². The molecule has 2 rings (SSSR count). The van der Waals surface area contributed by atoms with Gasteiger partial charge in [-0.25, -0.2) is 0 Å². The number of ether oxygens (including phenoxy) is 1. The topological polar surface area (TPSA) is 38.8 Å². The molecule has 1 aromatic heterocycles. The molecule has 0 aliphatic heterocycles. The van der Waals surface area contributed by atoms with Crippen molar-refractivity contribution < 1.29 is 14.7 Å². The monoisotopic (exact) mass is 401 g/mol. The quantitative estimate of drug-likeness (QED) is 0.641. The van der Waals surface area contributed by atoms with Crippen LogP contribution in [0.25, 0.3) is 0 Å². The fraction of sp³-hybridized carbons (Fsp3) is 0.600. The molecule has 1 aromatic carbocycles. The van der Waals surface area contributed by atoms with Crippen LogP contribution in [0.15, 0.2) is 42.6 Å². The molecule has 0 amide bonds. The molecular weight excluding hydrogens is 360 g/mol. The zero-order valence-corrected chi connectivity index (χ0v) is 19.4. The average Bonchev–Trinajstić information content (AvgIpc) is 3.07. The third-order valence-corrected chi connectivity index (χ3v) is 6.01. The predicted molar refractivity (Wildman–Crippen MR) is 120 cm³/mol. The largest absolute Gasteiger partial charge is 0.385 e. The van der Waals surface area contributed by atoms with E-state index in [2.05, 4.69) is 88.7 Å². The zero-order chi connectivity index (χ0) is 21.6. The van der Waals surface area contributed by atoms with Crippen LogP contribution in [0.2, 0.25) is 0 Å². The van der Waals surface area contributed by atoms with E-state index in [1.165, 1.54) is 21.7 Å². The van der Waals surface area contributed by atoms with Gasteiger partial charge in [0.05, 0.1) is 18.3 Å². The summed E-state index contributed by atoms with van der Waals surface area (Å²) >= 11 is 0. The van der Waals surface area contributed by atoms with Crippen LogP contribution < -0.4 is 4.90 Å². The second-order valence-corrected chi connectivity index (χ2v) is 9.76. The molecule has 3 atom stereocenters. The number of aliphatic hydroxyl groups excluding tert-OH is 1. The van der Waals surface area contributed by atoms with Crippen molar-refractivity contribution in [2.24, 2.45) is 5.92 Å². The van der Waals surface area contributed by atoms with Crippen molar-refractivity contribution in [2.45, 2.75) is 72.2 Å². The van der Waals surface area contributed by atoms with Crippen LogP contribution in [-0.4, -0.2) is 42.1 Å². The van der Waals surface area contributed by atoms with Crippen LogP contribution in [0.1, 0.15) is 58.4 Å². The lowest BCUT2D eigenvalue weighted by Crippen LogP contribution is -3.16. The number of hydrogen-bond acceptors (Lipinski definition) is 2. The predicted octanol–water partition coefficient (Wildman–Crippen LogP) is 3.27. The first kappa shape index (κ1) is 23.7. The Hall–Kier alpha value is -1.62. The van der Waals surface area contributed by atoms with E-state index < -0.39 is 6.10 Å². The minimum atomic E-state index is -0.440. The van der Waals surface area contributed by atoms with E-state index in [9.17, 15) is 5.11 Å². The molecule has 0 spiro atoms. The van der Waals surface area contributed by atoms with E-state index in [1.807, 2.05) is 0 Å². The maximum Gasteiger partial charge on any atom is 0.126 e. The van der Waals surface area contributed by atoms with Gasteiger partial charge in [-0.2, -0.15) is 0 Å². The van der Waals surface area contributed by atoms with Crippen molar-refractivity contribution in [3.05, 3.63) is 59.4 Å². The molecule has 0 aliphatic carbocycles. The van der Waals surface area contributed by atoms with Crippen LogP contribution in [-0.2, 0) is 23.2 Å². The average molecular weight is 402 g/mol. The summed E-state index contributed by atoms with van der Waals surface area (Å²) in [4.78, 5) is 1.40. The van der Waals surface area contributed by atoms with Gasteiger partial charge in [0.2, 0.25) is 0 Å². The van der Waals surface area contributed by atoms with Gasteiger partial charge in [0.15, 0.2) is 0 Å². The number of benzene rings is 1. The molecular formula is C25H41N2O2+. The molecule has 0 saturated heterocycles. The summed E-state index contributed by atoms with van der Waals surface area (Å²) in [5.41, 5.74) is 4.16. The van der Waals surface area contributed by atoms with E-state index >= 15 is 0 Å². The summed E-state index contributed by atoms with van der Waals surface area (Å²) in [5, 5.41) is 10.3. The van der Waals surface area contributed by atoms with Gasteiger partial charge in [-0.3, -0.25) is 0 Å². The maximum atomic E-state index is 10.3. The summed E-state index contributed by atoms with van der Waals surface area (Å²) in [7, 11) is 1.64. The molecule has 2 N–H and O–H groups in total. The number of quaternary nitrogens is 1. The van der Waals surface area contributed by atoms with Crippen LogP contribution in [0.4, 0.5) is 0 Å². The molecule has 1 unspecified atom stereocenters. The van der Waals surface area contributed by atoms with Gasteiger partial charge in [-0.1, -0.05) is 58.9 Å². The highest BCUT2D eigenvalue weighted by molar-refractivity contribution is 5.28. The minimum absolute atomic E-state index is 0.178. The second-order valence-electron chi connectivity index (χ2n) is 9.76. The first-order valence-corrected chi connectivity index (χ1v) is 10.9. The van der Waals surface area contributed by atoms with Crippen LogP contribution >= 0.6 is 0 Å². The Bertz CT molecular complexity index is 728. The van der Waals surface area contributed by atoms with Crippen LogP contribution in [0, 0.1) is 5.92 Å². The maximum absolute atomic E-state index is 10.3. The molecule has 2 aromatic rings. The van der Waals surface area contributed by atoms with E-state index in [4.69, 9.17) is 4.74 Å². The lowest BCUT2D eigenvalue weighted by molar-refractivity contribution is -0.943. The minimum Gasteiger partial charge on any atom is -0.385 e. The van der Waals surface area contributed by atoms with Gasteiger partial charge in [-0.05, 0) is 35.6 Å². The van der Waals surface area contributed by atoms with Crippen molar-refractivity contribution >= 4 is 0 Å². The van der Waals surface area contributed by atoms with Crippen LogP contribution in [0.5, 0.6) is 0 Å². The SMILES string of the molecule is COC[C@@H](O)C[NH+](Cc1cccn1Cc1ccc(C(C)(C)C)cc1)[C@H](C)C(C)C. The van der Waals surface area contributed by atoms with Crippen LogP contribution in [0.3, 0.4) is 0 Å². The Balaban J connectivity index is 2.14. The fourth-order valence-corrected chi connectivity index (χ4v) is 3.75. The Morgan fingerprint density at radius 3 is 2.28 bits per heavy atom. The summed E-state index contributed by atoms with van der Waals surface area (Å²) in [6.07, 6.45) is 1.72. The molecule has 0 saturated carbocycles. The molecule has 4 nitrogen and oxygen atoms in total. The van der Waals surface area contributed by atoms with E-state index in [0.717, 1.165) is 13.1 Å². The summed E-state index contributed by atoms with van der Waals surface area (Å²) in [5.74, 6) is 0.549. The zero-order valence-electron chi connectivity index (χ0n) is 19.4. The second kappa shape index (κ2) is 10.4. The van der Waals surface area contributed by atoms with Gasteiger partial charge < -0.3 is 19.3 Å². The number of nitrogens with one attached hydrogen (secondary N) is 1. The Morgan fingerprint density at radius 1 is 1.07 bits per heavy atom. The van der Waals surface area contributed by atoms with Crippen molar-refractivity contribution in [3.63, 3.8) is 0 Å². The summed E-state index contributed by atoms with van der Waals surface area (Å²) < 4.78 is 7.48. The molecule has 1 heterocycles. The number of hydrogen-bond donors (Lipinski definition) is 2. The number of aromatic nitrogens is 1. The van der Waals surface area contributed by atoms with Crippen molar-refractivity contribution in [2.75, 3.05) is 20.3 Å². The van der Waals surface area contributed by atoms with Crippen molar-refractivity contribution in [1.82, 2.24) is 4.57 Å². The number of nitrogens with zero attached hydrogens (tertiary/aromatic N) is 1. The molecule has 0 aliphatic rings. The van der Waals surface area contributed by atoms with Crippen molar-refractivity contribution in [3.8, 4) is 0 Å². The first-order valence-electron chi connectivity index (χ1n) is 10.9. The molecule has 4 heteroatoms. The van der Waals surface area contributed by atoms with E-state index in [1.54, 1.807) is 7.11 Å². The highest BCUT2D eigenvalue weighted by Gasteiger charge is 2.25. The normalized spacial score (nSPS) is 15.5. The fourth-order valence-electron chi connectivity index (χ4n) is 3.75. The van der Waals surface area contributed by atoms with Gasteiger partial charge in [0.25, 0.3) is 0 Å². The lowest BCUT2D eigenvalue weighted by atomic mass is 9.87. The van der Waals surface area contributed by atoms with E-state index in [-0.39, 0.29) is 5.41 Å². The van der Waals surface area contributed by atoms with Gasteiger partial charge in [0.1, 0.15) is 19.2 Å². The molecule has 162 valence electrons. The summed E-state index contributed by atoms with van der Waals surface area (Å²) in [6.45, 7) is 16.4. The third kappa shape index (κ3) is 6.98. The first-order chi connectivity index (χ1) is 13.6. The van der Waals surface area contributed by atoms with Gasteiger partial charge >= 0.3 is 0 Å². The highest BCUT2D eigenvalue weighted by Crippen LogP contribution is 2.22. The number of rotatable bonds is 10. The molecule has 29 heavy (non-hydrogen) atoms. The standard InChI is InChI=1S/C25H40N2O2/c1-19(2)20(3)27(17-24(28)18-29-7)16-23-9-8-14-26(23)15-21-10-12-22(13-11-21)25(4,5)6/h8-14,19-20,24,28H,15-18H2,1-7H3/p+1/t20-,24+/m1/s1. The molecule has 0 fully saturated rings. The highest BCUT2D eigenvalue weighted by atomic mass is 16.5. The van der Waals surface area contributed by atoms with Crippen molar-refractivity contribution in [1.29, 1.82) is 0 Å². The van der Waals surface area contributed by atoms with Gasteiger partial charge in [0, 0.05) is 25.8 Å². The Kier molecular flexibility index (Phi) is 8.50. The Morgan fingerprint density at radius 2 is 1.72 bits per heavy atom. The summed E-state index contributed by atoms with van der Waals surface area (Å²) in [6, 6.07) is 13.8. The smallest absolute Gasteiger partial charge is 0.126 e. The molecule has 0 radical (unpaired) electrons. The third-order valence-electron chi connectivity index (χ3n) is 6.01.